The molecule has 0 aromatic heterocycles. The normalized spacial score (nSPS) is 24.2. The number of rotatable bonds is 1. The predicted molar refractivity (Wildman–Crippen MR) is 41.8 cm³/mol. The summed E-state index contributed by atoms with van der Waals surface area (Å²) < 4.78 is 0. The van der Waals surface area contributed by atoms with Crippen LogP contribution in [0.25, 0.3) is 0 Å². The first-order valence-electron chi connectivity index (χ1n) is 3.71. The summed E-state index contributed by atoms with van der Waals surface area (Å²) in [7, 11) is 3.06. The fourth-order valence-corrected chi connectivity index (χ4v) is 1.30. The van der Waals surface area contributed by atoms with Gasteiger partial charge < -0.3 is 10.5 Å². The molecule has 52 valence electrons. The predicted octanol–water partition coefficient (Wildman–Crippen LogP) is -0.189. The number of likely N-dealkylation sites (tertiary alicyclic amines) is 1. The highest BCUT2D eigenvalue weighted by molar-refractivity contribution is 6.33. The van der Waals surface area contributed by atoms with Crippen LogP contribution in [-0.4, -0.2) is 32.5 Å². The van der Waals surface area contributed by atoms with Crippen molar-refractivity contribution in [2.75, 3.05) is 20.1 Å². The monoisotopic (exact) mass is 126 g/mol. The van der Waals surface area contributed by atoms with Crippen LogP contribution < -0.4 is 5.64 Å². The first-order valence-corrected chi connectivity index (χ1v) is 3.71. The van der Waals surface area contributed by atoms with Gasteiger partial charge in [-0.05, 0) is 38.8 Å². The average Bonchev–Trinajstić information content (AvgIpc) is 1.90. The van der Waals surface area contributed by atoms with Gasteiger partial charge in [-0.2, -0.15) is 0 Å². The van der Waals surface area contributed by atoms with Crippen LogP contribution in [0.2, 0.25) is 5.82 Å². The maximum atomic E-state index is 5.53. The van der Waals surface area contributed by atoms with E-state index >= 15 is 0 Å². The molecule has 0 saturated carbocycles. The SMILES string of the molecule is CN1CCC(BN)CC1. The van der Waals surface area contributed by atoms with E-state index < -0.39 is 0 Å². The first-order chi connectivity index (χ1) is 4.33. The molecule has 1 fully saturated rings. The summed E-state index contributed by atoms with van der Waals surface area (Å²) in [6.45, 7) is 2.48. The van der Waals surface area contributed by atoms with E-state index in [0.717, 1.165) is 13.2 Å². The van der Waals surface area contributed by atoms with E-state index in [2.05, 4.69) is 11.9 Å². The van der Waals surface area contributed by atoms with Gasteiger partial charge in [-0.3, -0.25) is 0 Å². The molecule has 1 heterocycles. The Labute approximate surface area is 57.7 Å². The lowest BCUT2D eigenvalue weighted by Gasteiger charge is -2.27. The minimum Gasteiger partial charge on any atom is -0.373 e. The van der Waals surface area contributed by atoms with Gasteiger partial charge >= 0.3 is 0 Å². The maximum absolute atomic E-state index is 5.53. The molecule has 1 rings (SSSR count). The van der Waals surface area contributed by atoms with E-state index in [4.69, 9.17) is 5.64 Å². The topological polar surface area (TPSA) is 29.3 Å². The number of piperidine rings is 1. The van der Waals surface area contributed by atoms with Crippen molar-refractivity contribution in [2.24, 2.45) is 5.64 Å². The van der Waals surface area contributed by atoms with E-state index in [-0.39, 0.29) is 0 Å². The largest absolute Gasteiger partial charge is 0.373 e. The zero-order valence-electron chi connectivity index (χ0n) is 6.14. The summed E-state index contributed by atoms with van der Waals surface area (Å²) >= 11 is 0. The Bertz CT molecular complexity index is 79.1. The number of hydrogen-bond acceptors (Lipinski definition) is 2. The Hall–Kier alpha value is -0.0151. The quantitative estimate of drug-likeness (QED) is 0.493. The van der Waals surface area contributed by atoms with Crippen molar-refractivity contribution in [3.63, 3.8) is 0 Å². The van der Waals surface area contributed by atoms with Crippen LogP contribution in [0.3, 0.4) is 0 Å². The Morgan fingerprint density at radius 3 is 2.44 bits per heavy atom. The summed E-state index contributed by atoms with van der Waals surface area (Å²) in [5, 5.41) is 0. The molecule has 0 atom stereocenters. The van der Waals surface area contributed by atoms with Crippen molar-refractivity contribution in [2.45, 2.75) is 18.7 Å². The lowest BCUT2D eigenvalue weighted by molar-refractivity contribution is 0.276. The van der Waals surface area contributed by atoms with Gasteiger partial charge in [0, 0.05) is 0 Å². The molecule has 1 aliphatic rings. The van der Waals surface area contributed by atoms with Gasteiger partial charge in [-0.1, -0.05) is 0 Å². The van der Waals surface area contributed by atoms with Crippen LogP contribution in [-0.2, 0) is 0 Å². The second-order valence-corrected chi connectivity index (χ2v) is 2.98. The lowest BCUT2D eigenvalue weighted by atomic mass is 9.71. The van der Waals surface area contributed by atoms with Gasteiger partial charge in [-0.25, -0.2) is 0 Å². The summed E-state index contributed by atoms with van der Waals surface area (Å²) in [5.74, 6) is 0.807. The fourth-order valence-electron chi connectivity index (χ4n) is 1.30. The molecule has 3 heteroatoms. The maximum Gasteiger partial charge on any atom is 0.201 e. The zero-order chi connectivity index (χ0) is 6.69. The summed E-state index contributed by atoms with van der Waals surface area (Å²) in [6, 6.07) is 0. The van der Waals surface area contributed by atoms with Crippen molar-refractivity contribution in [1.82, 2.24) is 4.90 Å². The summed E-state index contributed by atoms with van der Waals surface area (Å²) in [4.78, 5) is 2.37. The molecule has 0 aromatic carbocycles. The second kappa shape index (κ2) is 3.23. The van der Waals surface area contributed by atoms with Crippen molar-refractivity contribution in [3.8, 4) is 0 Å². The van der Waals surface area contributed by atoms with E-state index in [0.29, 0.717) is 0 Å². The summed E-state index contributed by atoms with van der Waals surface area (Å²) in [5.41, 5.74) is 5.53. The molecule has 0 aliphatic carbocycles. The Morgan fingerprint density at radius 1 is 1.44 bits per heavy atom. The lowest BCUT2D eigenvalue weighted by Crippen LogP contribution is -2.31. The highest BCUT2D eigenvalue weighted by Gasteiger charge is 2.14. The van der Waals surface area contributed by atoms with Crippen molar-refractivity contribution in [3.05, 3.63) is 0 Å². The molecule has 0 radical (unpaired) electrons. The number of nitrogens with two attached hydrogens (primary N) is 1. The molecule has 0 unspecified atom stereocenters. The van der Waals surface area contributed by atoms with Gasteiger partial charge in [0.15, 0.2) is 0 Å². The van der Waals surface area contributed by atoms with E-state index in [1.165, 1.54) is 25.9 Å². The second-order valence-electron chi connectivity index (χ2n) is 2.98. The van der Waals surface area contributed by atoms with Gasteiger partial charge in [0.25, 0.3) is 0 Å². The highest BCUT2D eigenvalue weighted by atomic mass is 15.1. The minimum atomic E-state index is 0.807. The fraction of sp³-hybridized carbons (Fsp3) is 1.00. The van der Waals surface area contributed by atoms with E-state index in [1.54, 1.807) is 0 Å². The molecule has 9 heavy (non-hydrogen) atoms. The van der Waals surface area contributed by atoms with Crippen LogP contribution >= 0.6 is 0 Å². The molecule has 0 spiro atoms. The molecule has 0 bridgehead atoms. The minimum absolute atomic E-state index is 0.807. The van der Waals surface area contributed by atoms with Crippen molar-refractivity contribution < 1.29 is 0 Å². The van der Waals surface area contributed by atoms with Gasteiger partial charge in [0.05, 0.1) is 0 Å². The molecule has 2 N–H and O–H groups in total. The molecule has 1 aliphatic heterocycles. The summed E-state index contributed by atoms with van der Waals surface area (Å²) in [6.07, 6.45) is 2.60. The van der Waals surface area contributed by atoms with Gasteiger partial charge in [0.2, 0.25) is 7.41 Å². The Kier molecular flexibility index (Phi) is 2.55. The average molecular weight is 126 g/mol. The molecule has 2 nitrogen and oxygen atoms in total. The van der Waals surface area contributed by atoms with Crippen molar-refractivity contribution >= 4 is 7.41 Å². The third kappa shape index (κ3) is 1.99. The Balaban J connectivity index is 2.18. The van der Waals surface area contributed by atoms with Crippen LogP contribution in [0.15, 0.2) is 0 Å². The zero-order valence-corrected chi connectivity index (χ0v) is 6.14. The van der Waals surface area contributed by atoms with Gasteiger partial charge in [0.1, 0.15) is 0 Å². The van der Waals surface area contributed by atoms with Gasteiger partial charge in [-0.15, -0.1) is 0 Å². The van der Waals surface area contributed by atoms with Crippen LogP contribution in [0.1, 0.15) is 12.8 Å². The first kappa shape index (κ1) is 7.10. The molecule has 0 aromatic rings. The molecule has 0 amide bonds. The van der Waals surface area contributed by atoms with Crippen LogP contribution in [0, 0.1) is 0 Å². The van der Waals surface area contributed by atoms with Crippen LogP contribution in [0.4, 0.5) is 0 Å². The van der Waals surface area contributed by atoms with Crippen molar-refractivity contribution in [1.29, 1.82) is 0 Å². The van der Waals surface area contributed by atoms with E-state index in [1.807, 2.05) is 0 Å². The van der Waals surface area contributed by atoms with E-state index in [9.17, 15) is 0 Å². The molecule has 1 saturated heterocycles. The molecular weight excluding hydrogens is 111 g/mol. The number of nitrogens with zero attached hydrogens (tertiary/aromatic N) is 1. The highest BCUT2D eigenvalue weighted by Crippen LogP contribution is 2.18. The third-order valence-corrected chi connectivity index (χ3v) is 2.17. The smallest absolute Gasteiger partial charge is 0.201 e. The third-order valence-electron chi connectivity index (χ3n) is 2.17. The number of hydrogen-bond donors (Lipinski definition) is 1. The Morgan fingerprint density at radius 2 is 2.00 bits per heavy atom. The molecular formula is C6H15BN2. The van der Waals surface area contributed by atoms with Crippen LogP contribution in [0.5, 0.6) is 0 Å². The standard InChI is InChI=1S/C6H15BN2/c1-9-4-2-6(7-8)3-5-9/h6-7H,2-5,8H2,1H3.